The Labute approximate surface area is 295 Å². The van der Waals surface area contributed by atoms with Crippen LogP contribution in [0.2, 0.25) is 17.3 Å². The summed E-state index contributed by atoms with van der Waals surface area (Å²) in [5.41, 5.74) is 10.6. The molecule has 3 aromatic heterocycles. The molecule has 0 saturated heterocycles. The molecule has 0 unspecified atom stereocenters. The maximum atomic E-state index is 6.47. The zero-order valence-corrected chi connectivity index (χ0v) is 32.4. The van der Waals surface area contributed by atoms with E-state index in [0.717, 1.165) is 62.0 Å². The van der Waals surface area contributed by atoms with Gasteiger partial charge in [0.2, 0.25) is 0 Å². The van der Waals surface area contributed by atoms with Crippen molar-refractivity contribution in [1.82, 2.24) is 9.97 Å². The molecule has 4 aromatic carbocycles. The Morgan fingerprint density at radius 1 is 0.745 bits per heavy atom. The van der Waals surface area contributed by atoms with Crippen LogP contribution in [-0.2, 0) is 26.5 Å². The summed E-state index contributed by atoms with van der Waals surface area (Å²) in [5.74, 6) is 7.80. The van der Waals surface area contributed by atoms with Gasteiger partial charge in [0, 0.05) is 37.3 Å². The number of nitrogens with zero attached hydrogens (tertiary/aromatic N) is 2. The molecule has 0 N–H and O–H groups in total. The fourth-order valence-corrected chi connectivity index (χ4v) is 9.63. The molecule has 0 aliphatic carbocycles. The number of hydrogen-bond donors (Lipinski definition) is 0. The van der Waals surface area contributed by atoms with Crippen LogP contribution in [0, 0.1) is 25.0 Å². The zero-order valence-electron chi connectivity index (χ0n) is 27.9. The number of aryl methyl sites for hydroxylation is 1. The minimum absolute atomic E-state index is 0. The second kappa shape index (κ2) is 14.9. The number of hydrogen-bond acceptors (Lipinski definition) is 3. The summed E-state index contributed by atoms with van der Waals surface area (Å²) < 4.78 is 7.96. The van der Waals surface area contributed by atoms with Crippen molar-refractivity contribution in [3.63, 3.8) is 0 Å². The van der Waals surface area contributed by atoms with E-state index in [-0.39, 0.29) is 20.1 Å². The van der Waals surface area contributed by atoms with Crippen LogP contribution in [-0.4, -0.2) is 23.2 Å². The molecule has 0 aliphatic rings. The van der Waals surface area contributed by atoms with Crippen LogP contribution in [0.5, 0.6) is 0 Å². The SMILES string of the molecule is CC(C)Cc1ccnc(-c2[c-]ccc3c2oc2c(-c4ccccc4)cccc23)c1.Cc1cc(-c2[c-]cccc2)nc[c]1[Ge]([CH3])([CH3])[CH3].[Ir]. The number of furan rings is 1. The maximum absolute atomic E-state index is 6.47. The van der Waals surface area contributed by atoms with Crippen molar-refractivity contribution in [3.8, 4) is 33.6 Å². The van der Waals surface area contributed by atoms with Gasteiger partial charge >= 0.3 is 106 Å². The molecule has 3 nitrogen and oxygen atoms in total. The van der Waals surface area contributed by atoms with E-state index in [1.807, 2.05) is 36.5 Å². The van der Waals surface area contributed by atoms with Crippen LogP contribution in [0.1, 0.15) is 25.0 Å². The second-order valence-electron chi connectivity index (χ2n) is 13.3. The smallest absolute Gasteiger partial charge is 0 e. The Bertz CT molecular complexity index is 2100. The molecule has 0 fully saturated rings. The largest absolute Gasteiger partial charge is 0 e. The zero-order chi connectivity index (χ0) is 32.3. The van der Waals surface area contributed by atoms with E-state index in [1.54, 1.807) is 0 Å². The molecule has 0 bridgehead atoms. The van der Waals surface area contributed by atoms with E-state index < -0.39 is 13.3 Å². The molecule has 0 spiro atoms. The first-order chi connectivity index (χ1) is 22.2. The average Bonchev–Trinajstić information content (AvgIpc) is 3.44. The van der Waals surface area contributed by atoms with Crippen molar-refractivity contribution < 1.29 is 24.5 Å². The van der Waals surface area contributed by atoms with Crippen LogP contribution < -0.4 is 4.40 Å². The van der Waals surface area contributed by atoms with Gasteiger partial charge in [0.05, 0.1) is 5.58 Å². The number of fused-ring (bicyclic) bond motifs is 3. The summed E-state index contributed by atoms with van der Waals surface area (Å²) in [6, 6.07) is 41.8. The van der Waals surface area contributed by atoms with Crippen molar-refractivity contribution in [2.45, 2.75) is 44.5 Å². The van der Waals surface area contributed by atoms with Gasteiger partial charge in [-0.25, -0.2) is 0 Å². The summed E-state index contributed by atoms with van der Waals surface area (Å²) >= 11 is -1.77. The summed E-state index contributed by atoms with van der Waals surface area (Å²) in [6.07, 6.45) is 4.99. The van der Waals surface area contributed by atoms with Crippen molar-refractivity contribution in [2.75, 3.05) is 0 Å². The van der Waals surface area contributed by atoms with Gasteiger partial charge in [0.1, 0.15) is 5.58 Å². The van der Waals surface area contributed by atoms with E-state index in [4.69, 9.17) is 4.42 Å². The number of benzene rings is 4. The normalized spacial score (nSPS) is 11.3. The first-order valence-electron chi connectivity index (χ1n) is 16.0. The third-order valence-electron chi connectivity index (χ3n) is 8.17. The summed E-state index contributed by atoms with van der Waals surface area (Å²) in [4.78, 5) is 9.22. The first-order valence-corrected chi connectivity index (χ1v) is 23.3. The molecule has 0 aliphatic heterocycles. The molecule has 3 heterocycles. The Balaban J connectivity index is 0.000000207. The molecule has 0 atom stereocenters. The Kier molecular flexibility index (Phi) is 11.0. The minimum Gasteiger partial charge on any atom is 0 e. The summed E-state index contributed by atoms with van der Waals surface area (Å²) in [7, 11) is 0. The molecule has 5 heteroatoms. The van der Waals surface area contributed by atoms with E-state index in [2.05, 4.69) is 139 Å². The van der Waals surface area contributed by atoms with Crippen LogP contribution in [0.4, 0.5) is 0 Å². The molecule has 1 radical (unpaired) electrons. The van der Waals surface area contributed by atoms with Gasteiger partial charge in [-0.1, -0.05) is 85.0 Å². The molecule has 47 heavy (non-hydrogen) atoms. The van der Waals surface area contributed by atoms with Crippen LogP contribution in [0.25, 0.3) is 55.6 Å². The van der Waals surface area contributed by atoms with Crippen molar-refractivity contribution in [1.29, 1.82) is 0 Å². The molecule has 239 valence electrons. The van der Waals surface area contributed by atoms with Crippen LogP contribution in [0.3, 0.4) is 0 Å². The van der Waals surface area contributed by atoms with Gasteiger partial charge in [0.15, 0.2) is 0 Å². The maximum Gasteiger partial charge on any atom is 0 e. The predicted octanol–water partition coefficient (Wildman–Crippen LogP) is 10.7. The third-order valence-corrected chi connectivity index (χ3v) is 12.7. The minimum atomic E-state index is -1.77. The third kappa shape index (κ3) is 7.84. The number of rotatable bonds is 6. The van der Waals surface area contributed by atoms with Crippen molar-refractivity contribution >= 4 is 39.6 Å². The molecular weight excluding hydrogens is 813 g/mol. The monoisotopic (exact) mass is 855 g/mol. The van der Waals surface area contributed by atoms with E-state index in [1.165, 1.54) is 15.5 Å². The Morgan fingerprint density at radius 3 is 2.21 bits per heavy atom. The van der Waals surface area contributed by atoms with Crippen LogP contribution in [0.15, 0.2) is 120 Å². The fraction of sp³-hybridized carbons (Fsp3) is 0.190. The number of para-hydroxylation sites is 1. The molecule has 0 amide bonds. The summed E-state index contributed by atoms with van der Waals surface area (Å²) in [5, 5.41) is 2.22. The standard InChI is InChI=1S/C27H22NO.C15H18GeN.Ir/c1-18(2)16-19-14-15-28-25(17-19)24-13-7-12-23-22-11-6-10-21(26(22)29-27(23)24)20-8-4-3-5-9-20;1-12-10-15(13-8-6-5-7-9-13)17-11-14(12)16(2,3)4;/h3-12,14-15,17-18H,16H2,1-2H3;5-8,10-11H,1-4H3;/q2*-1;. The van der Waals surface area contributed by atoms with E-state index in [0.29, 0.717) is 5.92 Å². The van der Waals surface area contributed by atoms with Gasteiger partial charge in [-0.2, -0.15) is 0 Å². The Morgan fingerprint density at radius 2 is 1.51 bits per heavy atom. The first kappa shape index (κ1) is 34.5. The topological polar surface area (TPSA) is 38.9 Å². The number of aromatic nitrogens is 2. The molecule has 7 aromatic rings. The number of pyridine rings is 2. The molecule has 0 saturated carbocycles. The van der Waals surface area contributed by atoms with Crippen LogP contribution >= 0.6 is 0 Å². The quantitative estimate of drug-likeness (QED) is 0.124. The Hall–Kier alpha value is -3.83. The molecule has 7 rings (SSSR count). The van der Waals surface area contributed by atoms with Gasteiger partial charge in [-0.15, -0.1) is 18.2 Å². The van der Waals surface area contributed by atoms with Crippen molar-refractivity contribution in [3.05, 3.63) is 139 Å². The van der Waals surface area contributed by atoms with Gasteiger partial charge in [-0.3, -0.25) is 0 Å². The van der Waals surface area contributed by atoms with Gasteiger partial charge in [-0.05, 0) is 29.7 Å². The van der Waals surface area contributed by atoms with Gasteiger partial charge < -0.3 is 9.40 Å². The predicted molar refractivity (Wildman–Crippen MR) is 196 cm³/mol. The second-order valence-corrected chi connectivity index (χ2v) is 23.9. The van der Waals surface area contributed by atoms with E-state index >= 15 is 0 Å². The van der Waals surface area contributed by atoms with Crippen molar-refractivity contribution in [2.24, 2.45) is 5.92 Å². The van der Waals surface area contributed by atoms with Gasteiger partial charge in [0.25, 0.3) is 0 Å². The average molecular weight is 854 g/mol. The fourth-order valence-electron chi connectivity index (χ4n) is 6.05. The molecular formula is C42H40GeIrN2O-2. The van der Waals surface area contributed by atoms with E-state index in [9.17, 15) is 0 Å². The summed E-state index contributed by atoms with van der Waals surface area (Å²) in [6.45, 7) is 6.66.